The number of alkyl halides is 3. The zero-order valence-electron chi connectivity index (χ0n) is 19.5. The lowest BCUT2D eigenvalue weighted by molar-refractivity contribution is -0.137. The lowest BCUT2D eigenvalue weighted by atomic mass is 9.94. The average Bonchev–Trinajstić information content (AvgIpc) is 2.84. The van der Waals surface area contributed by atoms with E-state index < -0.39 is 23.7 Å². The minimum absolute atomic E-state index is 0.130. The summed E-state index contributed by atoms with van der Waals surface area (Å²) in [6.45, 7) is 2.60. The Morgan fingerprint density at radius 1 is 1.00 bits per heavy atom. The van der Waals surface area contributed by atoms with Gasteiger partial charge in [0.15, 0.2) is 0 Å². The predicted octanol–water partition coefficient (Wildman–Crippen LogP) is 6.45. The summed E-state index contributed by atoms with van der Waals surface area (Å²) in [6, 6.07) is 16.8. The first-order chi connectivity index (χ1) is 17.1. The second-order valence-electron chi connectivity index (χ2n) is 8.64. The Morgan fingerprint density at radius 3 is 2.31 bits per heavy atom. The third-order valence-corrected chi connectivity index (χ3v) is 6.13. The van der Waals surface area contributed by atoms with Gasteiger partial charge in [0, 0.05) is 43.2 Å². The van der Waals surface area contributed by atoms with Gasteiger partial charge in [0.1, 0.15) is 11.9 Å². The van der Waals surface area contributed by atoms with Crippen LogP contribution in [0.25, 0.3) is 11.1 Å². The third-order valence-electron chi connectivity index (χ3n) is 6.13. The molecular weight excluding hydrogens is 473 g/mol. The van der Waals surface area contributed by atoms with Gasteiger partial charge in [-0.2, -0.15) is 13.2 Å². The number of piperidine rings is 1. The van der Waals surface area contributed by atoms with E-state index in [1.807, 2.05) is 0 Å². The van der Waals surface area contributed by atoms with E-state index in [0.717, 1.165) is 17.7 Å². The molecule has 0 unspecified atom stereocenters. The highest BCUT2D eigenvalue weighted by atomic mass is 19.4. The molecule has 1 heterocycles. The molecule has 6 nitrogen and oxygen atoms in total. The van der Waals surface area contributed by atoms with Crippen molar-refractivity contribution < 1.29 is 32.6 Å². The zero-order chi connectivity index (χ0) is 25.9. The Labute approximate surface area is 206 Å². The number of likely N-dealkylation sites (tertiary alicyclic amines) is 1. The van der Waals surface area contributed by atoms with E-state index in [4.69, 9.17) is 9.84 Å². The SMILES string of the molecule is Cc1cccc(C(=O)Nc2cccc(OC3CCN(C(=O)O)CC3)c2)c1-c1ccc(C(F)(F)F)cc1. The van der Waals surface area contributed by atoms with Crippen LogP contribution in [-0.4, -0.2) is 41.2 Å². The number of halogens is 3. The highest BCUT2D eigenvalue weighted by Crippen LogP contribution is 2.33. The van der Waals surface area contributed by atoms with Gasteiger partial charge < -0.3 is 20.1 Å². The van der Waals surface area contributed by atoms with Crippen LogP contribution in [0.4, 0.5) is 23.7 Å². The number of hydrogen-bond acceptors (Lipinski definition) is 3. The number of nitrogens with zero attached hydrogens (tertiary/aromatic N) is 1. The maximum Gasteiger partial charge on any atom is 0.416 e. The molecule has 4 rings (SSSR count). The van der Waals surface area contributed by atoms with Gasteiger partial charge in [0.25, 0.3) is 5.91 Å². The average molecular weight is 499 g/mol. The van der Waals surface area contributed by atoms with Crippen LogP contribution in [-0.2, 0) is 6.18 Å². The van der Waals surface area contributed by atoms with E-state index >= 15 is 0 Å². The number of hydrogen-bond donors (Lipinski definition) is 2. The Bertz CT molecular complexity index is 1250. The number of anilines is 1. The number of ether oxygens (including phenoxy) is 1. The van der Waals surface area contributed by atoms with E-state index in [0.29, 0.717) is 54.1 Å². The molecule has 1 fully saturated rings. The molecule has 0 aliphatic carbocycles. The Balaban J connectivity index is 1.50. The molecule has 188 valence electrons. The molecule has 2 N–H and O–H groups in total. The van der Waals surface area contributed by atoms with Crippen LogP contribution in [0.5, 0.6) is 5.75 Å². The molecule has 36 heavy (non-hydrogen) atoms. The number of nitrogens with one attached hydrogen (secondary N) is 1. The highest BCUT2D eigenvalue weighted by molar-refractivity contribution is 6.09. The molecule has 0 spiro atoms. The molecule has 3 aromatic rings. The summed E-state index contributed by atoms with van der Waals surface area (Å²) in [5.74, 6) is 0.147. The maximum atomic E-state index is 13.2. The maximum absolute atomic E-state index is 13.2. The largest absolute Gasteiger partial charge is 0.490 e. The summed E-state index contributed by atoms with van der Waals surface area (Å²) < 4.78 is 44.9. The monoisotopic (exact) mass is 498 g/mol. The Kier molecular flexibility index (Phi) is 7.19. The van der Waals surface area contributed by atoms with Crippen molar-refractivity contribution in [1.82, 2.24) is 4.90 Å². The fourth-order valence-corrected chi connectivity index (χ4v) is 4.27. The van der Waals surface area contributed by atoms with Gasteiger partial charge in [-0.1, -0.05) is 30.3 Å². The second-order valence-corrected chi connectivity index (χ2v) is 8.64. The van der Waals surface area contributed by atoms with Crippen LogP contribution in [0.3, 0.4) is 0 Å². The van der Waals surface area contributed by atoms with Crippen LogP contribution in [0.1, 0.15) is 34.3 Å². The van der Waals surface area contributed by atoms with Crippen LogP contribution < -0.4 is 10.1 Å². The molecule has 0 aromatic heterocycles. The standard InChI is InChI=1S/C27H25F3N2O4/c1-17-4-2-7-23(24(17)18-8-10-19(11-9-18)27(28,29)30)25(33)31-20-5-3-6-22(16-20)36-21-12-14-32(15-13-21)26(34)35/h2-11,16,21H,12-15H2,1H3,(H,31,33)(H,34,35). The van der Waals surface area contributed by atoms with Gasteiger partial charge in [-0.25, -0.2) is 4.79 Å². The molecule has 2 amide bonds. The minimum atomic E-state index is -4.44. The van der Waals surface area contributed by atoms with Crippen molar-refractivity contribution in [2.45, 2.75) is 32.0 Å². The number of rotatable bonds is 5. The summed E-state index contributed by atoms with van der Waals surface area (Å²) in [5, 5.41) is 11.9. The van der Waals surface area contributed by atoms with Crippen molar-refractivity contribution in [2.75, 3.05) is 18.4 Å². The normalized spacial score (nSPS) is 14.4. The van der Waals surface area contributed by atoms with Gasteiger partial charge in [0.2, 0.25) is 0 Å². The molecule has 1 saturated heterocycles. The van der Waals surface area contributed by atoms with E-state index in [9.17, 15) is 22.8 Å². The first-order valence-electron chi connectivity index (χ1n) is 11.4. The Morgan fingerprint density at radius 2 is 1.67 bits per heavy atom. The number of carbonyl (C=O) groups is 2. The van der Waals surface area contributed by atoms with Crippen LogP contribution in [0.2, 0.25) is 0 Å². The molecule has 1 aliphatic heterocycles. The van der Waals surface area contributed by atoms with E-state index in [1.54, 1.807) is 49.4 Å². The van der Waals surface area contributed by atoms with Gasteiger partial charge >= 0.3 is 12.3 Å². The highest BCUT2D eigenvalue weighted by Gasteiger charge is 2.30. The van der Waals surface area contributed by atoms with Crippen molar-refractivity contribution in [3.05, 3.63) is 83.4 Å². The topological polar surface area (TPSA) is 78.9 Å². The van der Waals surface area contributed by atoms with Crippen LogP contribution in [0.15, 0.2) is 66.7 Å². The van der Waals surface area contributed by atoms with Gasteiger partial charge in [-0.05, 0) is 53.9 Å². The molecule has 3 aromatic carbocycles. The third kappa shape index (κ3) is 5.79. The summed E-state index contributed by atoms with van der Waals surface area (Å²) in [4.78, 5) is 25.6. The smallest absolute Gasteiger partial charge is 0.416 e. The molecule has 1 aliphatic rings. The minimum Gasteiger partial charge on any atom is -0.490 e. The first-order valence-corrected chi connectivity index (χ1v) is 11.4. The fourth-order valence-electron chi connectivity index (χ4n) is 4.27. The first kappa shape index (κ1) is 25.1. The number of amides is 2. The van der Waals surface area contributed by atoms with E-state index in [2.05, 4.69) is 5.32 Å². The van der Waals surface area contributed by atoms with Gasteiger partial charge in [-0.15, -0.1) is 0 Å². The number of benzene rings is 3. The number of carboxylic acid groups (broad SMARTS) is 1. The zero-order valence-corrected chi connectivity index (χ0v) is 19.5. The molecule has 0 radical (unpaired) electrons. The number of carbonyl (C=O) groups excluding carboxylic acids is 1. The summed E-state index contributed by atoms with van der Waals surface area (Å²) in [5.41, 5.74) is 1.91. The fraction of sp³-hybridized carbons (Fsp3) is 0.259. The molecular formula is C27H25F3N2O4. The van der Waals surface area contributed by atoms with Gasteiger partial charge in [0.05, 0.1) is 5.56 Å². The summed E-state index contributed by atoms with van der Waals surface area (Å²) in [6.07, 6.45) is -4.37. The number of aryl methyl sites for hydroxylation is 1. The van der Waals surface area contributed by atoms with Crippen molar-refractivity contribution in [2.24, 2.45) is 0 Å². The second kappa shape index (κ2) is 10.3. The van der Waals surface area contributed by atoms with Crippen molar-refractivity contribution in [1.29, 1.82) is 0 Å². The molecule has 0 atom stereocenters. The molecule has 0 bridgehead atoms. The van der Waals surface area contributed by atoms with Crippen molar-refractivity contribution in [3.63, 3.8) is 0 Å². The van der Waals surface area contributed by atoms with Crippen molar-refractivity contribution in [3.8, 4) is 16.9 Å². The summed E-state index contributed by atoms with van der Waals surface area (Å²) in [7, 11) is 0. The molecule has 0 saturated carbocycles. The quantitative estimate of drug-likeness (QED) is 0.424. The lowest BCUT2D eigenvalue weighted by Crippen LogP contribution is -2.41. The van der Waals surface area contributed by atoms with Crippen molar-refractivity contribution >= 4 is 17.7 Å². The lowest BCUT2D eigenvalue weighted by Gasteiger charge is -2.30. The Hall–Kier alpha value is -4.01. The predicted molar refractivity (Wildman–Crippen MR) is 129 cm³/mol. The summed E-state index contributed by atoms with van der Waals surface area (Å²) >= 11 is 0. The van der Waals surface area contributed by atoms with Gasteiger partial charge in [-0.3, -0.25) is 4.79 Å². The van der Waals surface area contributed by atoms with E-state index in [-0.39, 0.29) is 6.10 Å². The van der Waals surface area contributed by atoms with Crippen LogP contribution >= 0.6 is 0 Å². The van der Waals surface area contributed by atoms with Crippen LogP contribution in [0, 0.1) is 6.92 Å². The van der Waals surface area contributed by atoms with E-state index in [1.165, 1.54) is 17.0 Å². The molecule has 9 heteroatoms.